The zero-order chi connectivity index (χ0) is 15.8. The molecule has 0 radical (unpaired) electrons. The first kappa shape index (κ1) is 16.5. The molecule has 4 nitrogen and oxygen atoms in total. The average molecular weight is 343 g/mol. The van der Waals surface area contributed by atoms with Crippen molar-refractivity contribution in [2.75, 3.05) is 19.6 Å². The topological polar surface area (TPSA) is 63.4 Å². The van der Waals surface area contributed by atoms with Crippen LogP contribution in [0.5, 0.6) is 0 Å². The van der Waals surface area contributed by atoms with Crippen LogP contribution in [0.1, 0.15) is 12.0 Å². The number of benzene rings is 1. The van der Waals surface area contributed by atoms with E-state index in [-0.39, 0.29) is 24.0 Å². The number of hydrogen-bond donors (Lipinski definition) is 1. The van der Waals surface area contributed by atoms with Crippen LogP contribution in [0.25, 0.3) is 0 Å². The van der Waals surface area contributed by atoms with E-state index in [0.29, 0.717) is 19.0 Å². The number of nitrogens with two attached hydrogens (primary N) is 1. The van der Waals surface area contributed by atoms with Crippen molar-refractivity contribution in [3.63, 3.8) is 0 Å². The Balaban J connectivity index is 2.46. The van der Waals surface area contributed by atoms with Crippen LogP contribution in [0.2, 0.25) is 5.02 Å². The molecule has 2 rings (SSSR count). The van der Waals surface area contributed by atoms with Crippen LogP contribution >= 0.6 is 11.6 Å². The summed E-state index contributed by atoms with van der Waals surface area (Å²) in [6, 6.07) is 2.67. The zero-order valence-electron chi connectivity index (χ0n) is 10.9. The minimum Gasteiger partial charge on any atom is -0.330 e. The highest BCUT2D eigenvalue weighted by molar-refractivity contribution is 7.89. The van der Waals surface area contributed by atoms with Crippen molar-refractivity contribution in [2.24, 2.45) is 11.7 Å². The molecule has 1 atom stereocenters. The molecule has 0 spiro atoms. The molecule has 1 fully saturated rings. The number of rotatable bonds is 3. The van der Waals surface area contributed by atoms with Gasteiger partial charge in [-0.1, -0.05) is 11.6 Å². The summed E-state index contributed by atoms with van der Waals surface area (Å²) in [7, 11) is -4.21. The maximum absolute atomic E-state index is 13.0. The fraction of sp³-hybridized carbons (Fsp3) is 0.500. The molecular weight excluding hydrogens is 329 g/mol. The maximum atomic E-state index is 13.0. The highest BCUT2D eigenvalue weighted by atomic mass is 35.5. The van der Waals surface area contributed by atoms with Crippen LogP contribution < -0.4 is 5.73 Å². The second kappa shape index (κ2) is 5.75. The van der Waals surface area contributed by atoms with Crippen molar-refractivity contribution >= 4 is 21.6 Å². The van der Waals surface area contributed by atoms with Gasteiger partial charge >= 0.3 is 6.18 Å². The summed E-state index contributed by atoms with van der Waals surface area (Å²) in [5.41, 5.74) is 4.23. The molecule has 0 aromatic heterocycles. The minimum atomic E-state index is -4.79. The van der Waals surface area contributed by atoms with Crippen molar-refractivity contribution in [1.82, 2.24) is 4.31 Å². The first-order valence-corrected chi connectivity index (χ1v) is 8.05. The molecule has 118 valence electrons. The SMILES string of the molecule is NC[C@H]1CCN(S(=O)(=O)c2ccc(Cl)cc2C(F)(F)F)C1. The summed E-state index contributed by atoms with van der Waals surface area (Å²) < 4.78 is 65.0. The molecule has 21 heavy (non-hydrogen) atoms. The molecule has 1 aliphatic heterocycles. The molecular formula is C12H14ClF3N2O2S. The predicted molar refractivity (Wildman–Crippen MR) is 72.4 cm³/mol. The quantitative estimate of drug-likeness (QED) is 0.917. The summed E-state index contributed by atoms with van der Waals surface area (Å²) in [6.45, 7) is 0.613. The Bertz CT molecular complexity index is 634. The van der Waals surface area contributed by atoms with Crippen LogP contribution in [0, 0.1) is 5.92 Å². The zero-order valence-corrected chi connectivity index (χ0v) is 12.5. The number of nitrogens with zero attached hydrogens (tertiary/aromatic N) is 1. The lowest BCUT2D eigenvalue weighted by Gasteiger charge is -2.20. The lowest BCUT2D eigenvalue weighted by molar-refractivity contribution is -0.139. The lowest BCUT2D eigenvalue weighted by atomic mass is 10.1. The van der Waals surface area contributed by atoms with E-state index in [1.54, 1.807) is 0 Å². The van der Waals surface area contributed by atoms with Crippen molar-refractivity contribution in [1.29, 1.82) is 0 Å². The summed E-state index contributed by atoms with van der Waals surface area (Å²) in [4.78, 5) is -0.767. The second-order valence-electron chi connectivity index (χ2n) is 4.89. The normalized spacial score (nSPS) is 20.9. The van der Waals surface area contributed by atoms with Crippen LogP contribution in [0.3, 0.4) is 0 Å². The van der Waals surface area contributed by atoms with Gasteiger partial charge in [0.1, 0.15) is 0 Å². The van der Waals surface area contributed by atoms with Gasteiger partial charge in [-0.25, -0.2) is 8.42 Å². The number of hydrogen-bond acceptors (Lipinski definition) is 3. The molecule has 1 heterocycles. The van der Waals surface area contributed by atoms with E-state index in [1.165, 1.54) is 0 Å². The Labute approximate surface area is 125 Å². The molecule has 1 aliphatic rings. The molecule has 9 heteroatoms. The van der Waals surface area contributed by atoms with Gasteiger partial charge in [0.15, 0.2) is 0 Å². The largest absolute Gasteiger partial charge is 0.417 e. The predicted octanol–water partition coefficient (Wildman–Crippen LogP) is 2.33. The van der Waals surface area contributed by atoms with Gasteiger partial charge in [-0.05, 0) is 37.1 Å². The molecule has 2 N–H and O–H groups in total. The summed E-state index contributed by atoms with van der Waals surface area (Å²) in [5, 5.41) is -0.164. The fourth-order valence-corrected chi connectivity index (χ4v) is 4.19. The Morgan fingerprint density at radius 3 is 2.57 bits per heavy atom. The van der Waals surface area contributed by atoms with Gasteiger partial charge in [0.25, 0.3) is 0 Å². The van der Waals surface area contributed by atoms with Crippen LogP contribution in [-0.2, 0) is 16.2 Å². The third-order valence-electron chi connectivity index (χ3n) is 3.45. The standard InChI is InChI=1S/C12H14ClF3N2O2S/c13-9-1-2-11(10(5-9)12(14,15)16)21(19,20)18-4-3-8(6-17)7-18/h1-2,5,8H,3-4,6-7,17H2/t8-/m1/s1. The second-order valence-corrected chi connectivity index (χ2v) is 7.23. The Morgan fingerprint density at radius 1 is 1.38 bits per heavy atom. The highest BCUT2D eigenvalue weighted by Crippen LogP contribution is 2.37. The van der Waals surface area contributed by atoms with Crippen LogP contribution in [0.15, 0.2) is 23.1 Å². The van der Waals surface area contributed by atoms with Gasteiger partial charge in [-0.2, -0.15) is 17.5 Å². The van der Waals surface area contributed by atoms with Gasteiger partial charge in [0.05, 0.1) is 10.5 Å². The number of halogens is 4. The first-order valence-electron chi connectivity index (χ1n) is 6.23. The molecule has 0 aliphatic carbocycles. The van der Waals surface area contributed by atoms with Gasteiger partial charge in [-0.15, -0.1) is 0 Å². The molecule has 0 saturated carbocycles. The number of alkyl halides is 3. The summed E-state index contributed by atoms with van der Waals surface area (Å²) in [5.74, 6) is -0.0265. The molecule has 0 unspecified atom stereocenters. The van der Waals surface area contributed by atoms with E-state index < -0.39 is 26.7 Å². The Kier molecular flexibility index (Phi) is 4.53. The van der Waals surface area contributed by atoms with Gasteiger partial charge in [0.2, 0.25) is 10.0 Å². The fourth-order valence-electron chi connectivity index (χ4n) is 2.30. The third-order valence-corrected chi connectivity index (χ3v) is 5.61. The van der Waals surface area contributed by atoms with Crippen molar-refractivity contribution in [3.8, 4) is 0 Å². The van der Waals surface area contributed by atoms with E-state index in [1.807, 2.05) is 0 Å². The third kappa shape index (κ3) is 3.33. The summed E-state index contributed by atoms with van der Waals surface area (Å²) in [6.07, 6.45) is -4.25. The molecule has 1 aromatic carbocycles. The van der Waals surface area contributed by atoms with E-state index in [0.717, 1.165) is 16.4 Å². The molecule has 0 bridgehead atoms. The summed E-state index contributed by atoms with van der Waals surface area (Å²) >= 11 is 5.55. The lowest BCUT2D eigenvalue weighted by Crippen LogP contribution is -2.31. The van der Waals surface area contributed by atoms with Gasteiger partial charge in [0, 0.05) is 18.1 Å². The van der Waals surface area contributed by atoms with Gasteiger partial charge < -0.3 is 5.73 Å². The van der Waals surface area contributed by atoms with Crippen molar-refractivity contribution in [3.05, 3.63) is 28.8 Å². The van der Waals surface area contributed by atoms with Crippen LogP contribution in [0.4, 0.5) is 13.2 Å². The van der Waals surface area contributed by atoms with Crippen molar-refractivity contribution in [2.45, 2.75) is 17.5 Å². The first-order chi connectivity index (χ1) is 9.66. The maximum Gasteiger partial charge on any atom is 0.417 e. The molecule has 1 aromatic rings. The Hall–Kier alpha value is -0.830. The monoisotopic (exact) mass is 342 g/mol. The van der Waals surface area contributed by atoms with E-state index >= 15 is 0 Å². The van der Waals surface area contributed by atoms with Gasteiger partial charge in [-0.3, -0.25) is 0 Å². The van der Waals surface area contributed by atoms with E-state index in [9.17, 15) is 21.6 Å². The van der Waals surface area contributed by atoms with Crippen LogP contribution in [-0.4, -0.2) is 32.4 Å². The molecule has 0 amide bonds. The van der Waals surface area contributed by atoms with E-state index in [2.05, 4.69) is 0 Å². The number of sulfonamides is 1. The minimum absolute atomic E-state index is 0.0265. The average Bonchev–Trinajstić information content (AvgIpc) is 2.86. The van der Waals surface area contributed by atoms with E-state index in [4.69, 9.17) is 17.3 Å². The smallest absolute Gasteiger partial charge is 0.330 e. The Morgan fingerprint density at radius 2 is 2.05 bits per heavy atom. The highest BCUT2D eigenvalue weighted by Gasteiger charge is 2.40. The van der Waals surface area contributed by atoms with Crippen molar-refractivity contribution < 1.29 is 21.6 Å². The molecule has 1 saturated heterocycles.